The molecule has 0 saturated heterocycles. The van der Waals surface area contributed by atoms with Gasteiger partial charge in [-0.15, -0.1) is 11.3 Å². The molecule has 0 radical (unpaired) electrons. The Morgan fingerprint density at radius 2 is 2.15 bits per heavy atom. The van der Waals surface area contributed by atoms with Crippen molar-refractivity contribution in [1.29, 1.82) is 0 Å². The third-order valence-electron chi connectivity index (χ3n) is 2.85. The van der Waals surface area contributed by atoms with E-state index in [9.17, 15) is 8.42 Å². The lowest BCUT2D eigenvalue weighted by Crippen LogP contribution is -2.16. The van der Waals surface area contributed by atoms with Crippen LogP contribution in [0.5, 0.6) is 0 Å². The Labute approximate surface area is 123 Å². The maximum absolute atomic E-state index is 12.3. The van der Waals surface area contributed by atoms with Crippen molar-refractivity contribution < 1.29 is 8.42 Å². The molecule has 2 rings (SSSR count). The SMILES string of the molecule is CCNCc1cc(S(=O)(=O)Nc2nccs2)ccc1C. The maximum Gasteiger partial charge on any atom is 0.263 e. The molecule has 1 heterocycles. The van der Waals surface area contributed by atoms with Crippen LogP contribution in [0.15, 0.2) is 34.7 Å². The Kier molecular flexibility index (Phi) is 4.74. The van der Waals surface area contributed by atoms with Crippen molar-refractivity contribution in [2.24, 2.45) is 0 Å². The van der Waals surface area contributed by atoms with Gasteiger partial charge in [0.1, 0.15) is 0 Å². The highest BCUT2D eigenvalue weighted by Gasteiger charge is 2.16. The molecule has 7 heteroatoms. The topological polar surface area (TPSA) is 71.1 Å². The number of nitrogens with zero attached hydrogens (tertiary/aromatic N) is 1. The summed E-state index contributed by atoms with van der Waals surface area (Å²) in [5, 5.41) is 5.30. The second-order valence-corrected chi connectivity index (χ2v) is 6.89. The summed E-state index contributed by atoms with van der Waals surface area (Å²) in [6, 6.07) is 5.14. The van der Waals surface area contributed by atoms with Crippen molar-refractivity contribution in [3.05, 3.63) is 40.9 Å². The first-order chi connectivity index (χ1) is 9.53. The molecule has 0 aliphatic heterocycles. The fourth-order valence-corrected chi connectivity index (χ4v) is 3.55. The number of thiazole rings is 1. The Hall–Kier alpha value is -1.44. The number of sulfonamides is 1. The van der Waals surface area contributed by atoms with Crippen LogP contribution < -0.4 is 10.0 Å². The summed E-state index contributed by atoms with van der Waals surface area (Å²) < 4.78 is 27.0. The van der Waals surface area contributed by atoms with Crippen molar-refractivity contribution >= 4 is 26.5 Å². The van der Waals surface area contributed by atoms with Crippen LogP contribution >= 0.6 is 11.3 Å². The lowest BCUT2D eigenvalue weighted by molar-refractivity contribution is 0.601. The third kappa shape index (κ3) is 3.56. The second-order valence-electron chi connectivity index (χ2n) is 4.31. The predicted octanol–water partition coefficient (Wildman–Crippen LogP) is 2.36. The summed E-state index contributed by atoms with van der Waals surface area (Å²) in [6.45, 7) is 5.48. The molecular formula is C13H17N3O2S2. The Bertz CT molecular complexity index is 667. The molecule has 0 aliphatic carbocycles. The predicted molar refractivity (Wildman–Crippen MR) is 81.5 cm³/mol. The van der Waals surface area contributed by atoms with E-state index in [0.717, 1.165) is 17.7 Å². The lowest BCUT2D eigenvalue weighted by Gasteiger charge is -2.10. The highest BCUT2D eigenvalue weighted by Crippen LogP contribution is 2.20. The molecule has 0 amide bonds. The minimum absolute atomic E-state index is 0.256. The van der Waals surface area contributed by atoms with Crippen molar-refractivity contribution in [3.8, 4) is 0 Å². The van der Waals surface area contributed by atoms with Crippen LogP contribution in [0, 0.1) is 6.92 Å². The standard InChI is InChI=1S/C13H17N3O2S2/c1-3-14-9-11-8-12(5-4-10(11)2)20(17,18)16-13-15-6-7-19-13/h4-8,14H,3,9H2,1-2H3,(H,15,16). The largest absolute Gasteiger partial charge is 0.313 e. The molecule has 0 saturated carbocycles. The van der Waals surface area contributed by atoms with Crippen molar-refractivity contribution in [1.82, 2.24) is 10.3 Å². The van der Waals surface area contributed by atoms with Gasteiger partial charge in [-0.05, 0) is 36.7 Å². The van der Waals surface area contributed by atoms with Crippen molar-refractivity contribution in [3.63, 3.8) is 0 Å². The van der Waals surface area contributed by atoms with Gasteiger partial charge in [-0.25, -0.2) is 13.4 Å². The number of hydrogen-bond acceptors (Lipinski definition) is 5. The quantitative estimate of drug-likeness (QED) is 0.859. The Morgan fingerprint density at radius 1 is 1.35 bits per heavy atom. The van der Waals surface area contributed by atoms with Gasteiger partial charge in [-0.1, -0.05) is 13.0 Å². The molecule has 0 spiro atoms. The Balaban J connectivity index is 2.27. The van der Waals surface area contributed by atoms with Gasteiger partial charge in [-0.3, -0.25) is 4.72 Å². The van der Waals surface area contributed by atoms with E-state index in [-0.39, 0.29) is 4.90 Å². The van der Waals surface area contributed by atoms with Gasteiger partial charge >= 0.3 is 0 Å². The number of aryl methyl sites for hydroxylation is 1. The zero-order chi connectivity index (χ0) is 14.6. The highest BCUT2D eigenvalue weighted by atomic mass is 32.2. The highest BCUT2D eigenvalue weighted by molar-refractivity contribution is 7.93. The number of nitrogens with one attached hydrogen (secondary N) is 2. The second kappa shape index (κ2) is 6.34. The van der Waals surface area contributed by atoms with Gasteiger partial charge in [-0.2, -0.15) is 0 Å². The van der Waals surface area contributed by atoms with Gasteiger partial charge in [0.2, 0.25) is 0 Å². The van der Waals surface area contributed by atoms with Gasteiger partial charge in [0.15, 0.2) is 5.13 Å². The molecule has 0 atom stereocenters. The minimum Gasteiger partial charge on any atom is -0.313 e. The molecule has 0 bridgehead atoms. The van der Waals surface area contributed by atoms with Gasteiger partial charge < -0.3 is 5.32 Å². The van der Waals surface area contributed by atoms with Gasteiger partial charge in [0.25, 0.3) is 10.0 Å². The van der Waals surface area contributed by atoms with E-state index >= 15 is 0 Å². The van der Waals surface area contributed by atoms with E-state index in [1.807, 2.05) is 19.9 Å². The van der Waals surface area contributed by atoms with Gasteiger partial charge in [0, 0.05) is 18.1 Å². The molecule has 20 heavy (non-hydrogen) atoms. The van der Waals surface area contributed by atoms with E-state index in [0.29, 0.717) is 11.7 Å². The summed E-state index contributed by atoms with van der Waals surface area (Å²) in [5.74, 6) is 0. The molecule has 0 unspecified atom stereocenters. The summed E-state index contributed by atoms with van der Waals surface area (Å²) in [6.07, 6.45) is 1.56. The fourth-order valence-electron chi connectivity index (χ4n) is 1.71. The summed E-state index contributed by atoms with van der Waals surface area (Å²) >= 11 is 1.25. The monoisotopic (exact) mass is 311 g/mol. The van der Waals surface area contributed by atoms with Gasteiger partial charge in [0.05, 0.1) is 4.90 Å². The summed E-state index contributed by atoms with van der Waals surface area (Å²) in [5.41, 5.74) is 2.05. The Morgan fingerprint density at radius 3 is 2.80 bits per heavy atom. The number of rotatable bonds is 6. The first-order valence-corrected chi connectivity index (χ1v) is 8.62. The molecule has 108 valence electrons. The van der Waals surface area contributed by atoms with Crippen LogP contribution in [-0.4, -0.2) is 19.9 Å². The van der Waals surface area contributed by atoms with E-state index in [1.54, 1.807) is 23.7 Å². The van der Waals surface area contributed by atoms with E-state index in [2.05, 4.69) is 15.0 Å². The third-order valence-corrected chi connectivity index (χ3v) is 5.00. The lowest BCUT2D eigenvalue weighted by atomic mass is 10.1. The van der Waals surface area contributed by atoms with Crippen molar-refractivity contribution in [2.45, 2.75) is 25.3 Å². The number of hydrogen-bond donors (Lipinski definition) is 2. The first kappa shape index (κ1) is 15.0. The molecule has 0 aliphatic rings. The molecule has 2 N–H and O–H groups in total. The zero-order valence-electron chi connectivity index (χ0n) is 11.4. The average molecular weight is 311 g/mol. The minimum atomic E-state index is -3.58. The van der Waals surface area contributed by atoms with Crippen molar-refractivity contribution in [2.75, 3.05) is 11.3 Å². The van der Waals surface area contributed by atoms with Crippen LogP contribution in [0.3, 0.4) is 0 Å². The average Bonchev–Trinajstić information content (AvgIpc) is 2.89. The smallest absolute Gasteiger partial charge is 0.263 e. The van der Waals surface area contributed by atoms with Crippen LogP contribution in [-0.2, 0) is 16.6 Å². The molecule has 0 fully saturated rings. The molecule has 1 aromatic heterocycles. The summed E-state index contributed by atoms with van der Waals surface area (Å²) in [7, 11) is -3.58. The first-order valence-electron chi connectivity index (χ1n) is 6.25. The van der Waals surface area contributed by atoms with E-state index < -0.39 is 10.0 Å². The van der Waals surface area contributed by atoms with E-state index in [1.165, 1.54) is 11.3 Å². The number of aromatic nitrogens is 1. The molecule has 1 aromatic carbocycles. The maximum atomic E-state index is 12.3. The van der Waals surface area contributed by atoms with E-state index in [4.69, 9.17) is 0 Å². The fraction of sp³-hybridized carbons (Fsp3) is 0.308. The number of anilines is 1. The zero-order valence-corrected chi connectivity index (χ0v) is 13.0. The van der Waals surface area contributed by atoms with Crippen LogP contribution in [0.1, 0.15) is 18.1 Å². The van der Waals surface area contributed by atoms with Crippen LogP contribution in [0.4, 0.5) is 5.13 Å². The van der Waals surface area contributed by atoms with Crippen LogP contribution in [0.25, 0.3) is 0 Å². The summed E-state index contributed by atoms with van der Waals surface area (Å²) in [4.78, 5) is 4.19. The molecular weight excluding hydrogens is 294 g/mol. The molecule has 2 aromatic rings. The van der Waals surface area contributed by atoms with Crippen LogP contribution in [0.2, 0.25) is 0 Å². The molecule has 5 nitrogen and oxygen atoms in total. The number of benzene rings is 1. The normalized spacial score (nSPS) is 11.5.